The van der Waals surface area contributed by atoms with Crippen LogP contribution in [-0.2, 0) is 6.54 Å². The molecule has 1 N–H and O–H groups in total. The van der Waals surface area contributed by atoms with Crippen molar-refractivity contribution in [1.82, 2.24) is 14.7 Å². The molecule has 1 unspecified atom stereocenters. The fourth-order valence-corrected chi connectivity index (χ4v) is 3.01. The molecule has 0 aromatic carbocycles. The molecule has 0 fully saturated rings. The average molecular weight is 316 g/mol. The summed E-state index contributed by atoms with van der Waals surface area (Å²) in [4.78, 5) is 2.79. The number of hydrogen-bond donors (Lipinski definition) is 1. The van der Waals surface area contributed by atoms with Gasteiger partial charge in [-0.05, 0) is 25.5 Å². The number of likely N-dealkylation sites (N-methyl/N-ethyl adjacent to an activating group) is 1. The number of halogens is 1. The van der Waals surface area contributed by atoms with Crippen molar-refractivity contribution >= 4 is 22.9 Å². The Labute approximate surface area is 127 Å². The molecule has 0 radical (unpaired) electrons. The van der Waals surface area contributed by atoms with Crippen LogP contribution in [0.2, 0.25) is 5.02 Å². The lowest BCUT2D eigenvalue weighted by molar-refractivity contribution is 0.205. The molecule has 5 nitrogen and oxygen atoms in total. The number of hydrogen-bond acceptors (Lipinski definition) is 5. The third-order valence-electron chi connectivity index (χ3n) is 2.98. The number of nitrogens with zero attached hydrogens (tertiary/aromatic N) is 3. The number of aliphatic hydroxyl groups excluding tert-OH is 1. The van der Waals surface area contributed by atoms with Gasteiger partial charge in [-0.15, -0.1) is 11.3 Å². The van der Waals surface area contributed by atoms with E-state index in [4.69, 9.17) is 16.3 Å². The third kappa shape index (κ3) is 3.15. The maximum Gasteiger partial charge on any atom is 0.135 e. The fourth-order valence-electron chi connectivity index (χ4n) is 1.92. The summed E-state index contributed by atoms with van der Waals surface area (Å²) in [6, 6.07) is 1.83. The Bertz CT molecular complexity index is 568. The molecule has 110 valence electrons. The standard InChI is InChI=1S/C13H18ClN3O2S/c1-16(2)5-6-17-11(9(14)8-15-17)12(18)13-10(19-3)4-7-20-13/h4,7-8,12,18H,5-6H2,1-3H3. The summed E-state index contributed by atoms with van der Waals surface area (Å²) in [5.74, 6) is 0.666. The van der Waals surface area contributed by atoms with Crippen LogP contribution in [0.3, 0.4) is 0 Å². The molecule has 20 heavy (non-hydrogen) atoms. The number of thiophene rings is 1. The predicted molar refractivity (Wildman–Crippen MR) is 80.7 cm³/mol. The quantitative estimate of drug-likeness (QED) is 0.888. The van der Waals surface area contributed by atoms with E-state index in [2.05, 4.69) is 10.00 Å². The van der Waals surface area contributed by atoms with Crippen molar-refractivity contribution in [2.45, 2.75) is 12.6 Å². The van der Waals surface area contributed by atoms with E-state index in [1.807, 2.05) is 25.5 Å². The van der Waals surface area contributed by atoms with Gasteiger partial charge in [-0.1, -0.05) is 11.6 Å². The molecule has 0 aliphatic rings. The van der Waals surface area contributed by atoms with E-state index in [9.17, 15) is 5.11 Å². The molecular formula is C13H18ClN3O2S. The van der Waals surface area contributed by atoms with Crippen LogP contribution in [0.25, 0.3) is 0 Å². The Morgan fingerprint density at radius 1 is 1.55 bits per heavy atom. The Morgan fingerprint density at radius 3 is 2.95 bits per heavy atom. The fraction of sp³-hybridized carbons (Fsp3) is 0.462. The van der Waals surface area contributed by atoms with Gasteiger partial charge in [0.15, 0.2) is 0 Å². The zero-order valence-electron chi connectivity index (χ0n) is 11.7. The van der Waals surface area contributed by atoms with Gasteiger partial charge in [-0.3, -0.25) is 4.68 Å². The van der Waals surface area contributed by atoms with Gasteiger partial charge in [0, 0.05) is 6.54 Å². The smallest absolute Gasteiger partial charge is 0.135 e. The molecule has 2 heterocycles. The van der Waals surface area contributed by atoms with Crippen LogP contribution in [-0.4, -0.2) is 47.5 Å². The van der Waals surface area contributed by atoms with Crippen LogP contribution in [0.5, 0.6) is 5.75 Å². The summed E-state index contributed by atoms with van der Waals surface area (Å²) in [6.45, 7) is 1.49. The molecule has 0 bridgehead atoms. The highest BCUT2D eigenvalue weighted by molar-refractivity contribution is 7.10. The topological polar surface area (TPSA) is 50.5 Å². The lowest BCUT2D eigenvalue weighted by atomic mass is 10.2. The zero-order valence-corrected chi connectivity index (χ0v) is 13.3. The van der Waals surface area contributed by atoms with Gasteiger partial charge in [-0.2, -0.15) is 5.10 Å². The average Bonchev–Trinajstić information content (AvgIpc) is 3.01. The summed E-state index contributed by atoms with van der Waals surface area (Å²) in [5.41, 5.74) is 0.606. The molecule has 2 aromatic rings. The predicted octanol–water partition coefficient (Wildman–Crippen LogP) is 2.25. The highest BCUT2D eigenvalue weighted by atomic mass is 35.5. The van der Waals surface area contributed by atoms with Crippen LogP contribution < -0.4 is 4.74 Å². The minimum absolute atomic E-state index is 0.465. The monoisotopic (exact) mass is 315 g/mol. The lowest BCUT2D eigenvalue weighted by Gasteiger charge is -2.16. The zero-order chi connectivity index (χ0) is 14.7. The summed E-state index contributed by atoms with van der Waals surface area (Å²) in [7, 11) is 5.57. The molecule has 1 atom stereocenters. The highest BCUT2D eigenvalue weighted by Crippen LogP contribution is 2.37. The van der Waals surface area contributed by atoms with Gasteiger partial charge in [0.1, 0.15) is 11.9 Å². The van der Waals surface area contributed by atoms with Crippen molar-refractivity contribution in [3.8, 4) is 5.75 Å². The minimum Gasteiger partial charge on any atom is -0.495 e. The Balaban J connectivity index is 2.29. The number of aromatic nitrogens is 2. The molecule has 7 heteroatoms. The number of aliphatic hydroxyl groups is 1. The summed E-state index contributed by atoms with van der Waals surface area (Å²) in [5, 5.41) is 17.2. The lowest BCUT2D eigenvalue weighted by Crippen LogP contribution is -2.21. The van der Waals surface area contributed by atoms with E-state index in [1.165, 1.54) is 11.3 Å². The van der Waals surface area contributed by atoms with Crippen molar-refractivity contribution in [2.24, 2.45) is 0 Å². The SMILES string of the molecule is COc1ccsc1C(O)c1c(Cl)cnn1CCN(C)C. The van der Waals surface area contributed by atoms with E-state index in [0.717, 1.165) is 11.4 Å². The van der Waals surface area contributed by atoms with Gasteiger partial charge in [0.2, 0.25) is 0 Å². The van der Waals surface area contributed by atoms with E-state index in [0.29, 0.717) is 23.0 Å². The second kappa shape index (κ2) is 6.58. The first kappa shape index (κ1) is 15.3. The van der Waals surface area contributed by atoms with E-state index >= 15 is 0 Å². The largest absolute Gasteiger partial charge is 0.495 e. The van der Waals surface area contributed by atoms with Crippen LogP contribution in [0.1, 0.15) is 16.7 Å². The Morgan fingerprint density at radius 2 is 2.30 bits per heavy atom. The van der Waals surface area contributed by atoms with Crippen LogP contribution in [0.4, 0.5) is 0 Å². The first-order chi connectivity index (χ1) is 9.54. The molecule has 2 aromatic heterocycles. The third-order valence-corrected chi connectivity index (χ3v) is 4.22. The van der Waals surface area contributed by atoms with Crippen LogP contribution in [0.15, 0.2) is 17.6 Å². The van der Waals surface area contributed by atoms with E-state index < -0.39 is 6.10 Å². The van der Waals surface area contributed by atoms with Gasteiger partial charge in [0.25, 0.3) is 0 Å². The maximum atomic E-state index is 10.6. The van der Waals surface area contributed by atoms with Gasteiger partial charge in [-0.25, -0.2) is 0 Å². The number of ether oxygens (including phenoxy) is 1. The summed E-state index contributed by atoms with van der Waals surface area (Å²) < 4.78 is 6.99. The Kier molecular flexibility index (Phi) is 5.04. The molecule has 0 saturated carbocycles. The molecular weight excluding hydrogens is 298 g/mol. The molecule has 2 rings (SSSR count). The Hall–Kier alpha value is -1.08. The van der Waals surface area contributed by atoms with E-state index in [1.54, 1.807) is 18.0 Å². The van der Waals surface area contributed by atoms with Crippen molar-refractivity contribution in [2.75, 3.05) is 27.7 Å². The van der Waals surface area contributed by atoms with Gasteiger partial charge >= 0.3 is 0 Å². The highest BCUT2D eigenvalue weighted by Gasteiger charge is 2.24. The van der Waals surface area contributed by atoms with Crippen molar-refractivity contribution in [3.05, 3.63) is 33.2 Å². The van der Waals surface area contributed by atoms with E-state index in [-0.39, 0.29) is 0 Å². The second-order valence-electron chi connectivity index (χ2n) is 4.66. The van der Waals surface area contributed by atoms with Crippen molar-refractivity contribution in [1.29, 1.82) is 0 Å². The van der Waals surface area contributed by atoms with Crippen molar-refractivity contribution in [3.63, 3.8) is 0 Å². The molecule has 0 spiro atoms. The molecule has 0 saturated heterocycles. The molecule has 0 amide bonds. The minimum atomic E-state index is -0.831. The molecule has 0 aliphatic heterocycles. The van der Waals surface area contributed by atoms with Gasteiger partial charge < -0.3 is 14.7 Å². The normalized spacial score (nSPS) is 12.9. The number of rotatable bonds is 6. The van der Waals surface area contributed by atoms with Crippen LogP contribution in [0, 0.1) is 0 Å². The van der Waals surface area contributed by atoms with Crippen molar-refractivity contribution < 1.29 is 9.84 Å². The maximum absolute atomic E-state index is 10.6. The van der Waals surface area contributed by atoms with Crippen LogP contribution >= 0.6 is 22.9 Å². The molecule has 0 aliphatic carbocycles. The number of methoxy groups -OCH3 is 1. The second-order valence-corrected chi connectivity index (χ2v) is 6.01. The first-order valence-electron chi connectivity index (χ1n) is 6.20. The summed E-state index contributed by atoms with van der Waals surface area (Å²) >= 11 is 7.61. The first-order valence-corrected chi connectivity index (χ1v) is 7.45. The summed E-state index contributed by atoms with van der Waals surface area (Å²) in [6.07, 6.45) is 0.734. The van der Waals surface area contributed by atoms with Gasteiger partial charge in [0.05, 0.1) is 35.4 Å².